The van der Waals surface area contributed by atoms with Crippen LogP contribution in [0.3, 0.4) is 0 Å². The van der Waals surface area contributed by atoms with Gasteiger partial charge in [0.25, 0.3) is 0 Å². The molecule has 32 heavy (non-hydrogen) atoms. The van der Waals surface area contributed by atoms with E-state index in [2.05, 4.69) is 10.6 Å². The number of carbonyl (C=O) groups is 3. The molecule has 2 amide bonds. The van der Waals surface area contributed by atoms with Crippen LogP contribution >= 0.6 is 0 Å². The van der Waals surface area contributed by atoms with E-state index in [0.29, 0.717) is 29.7 Å². The third-order valence-electron chi connectivity index (χ3n) is 5.52. The van der Waals surface area contributed by atoms with Crippen LogP contribution in [0.5, 0.6) is 0 Å². The summed E-state index contributed by atoms with van der Waals surface area (Å²) in [6.45, 7) is 5.73. The highest BCUT2D eigenvalue weighted by molar-refractivity contribution is 6.09. The van der Waals surface area contributed by atoms with E-state index in [0.717, 1.165) is 12.8 Å². The highest BCUT2D eigenvalue weighted by atomic mass is 16.3. The summed E-state index contributed by atoms with van der Waals surface area (Å²) in [5, 5.41) is 15.0. The molecule has 6 heteroatoms. The summed E-state index contributed by atoms with van der Waals surface area (Å²) in [5.74, 6) is -0.494. The van der Waals surface area contributed by atoms with Gasteiger partial charge in [0.05, 0.1) is 6.10 Å². The molecule has 0 aromatic heterocycles. The molecule has 3 atom stereocenters. The van der Waals surface area contributed by atoms with Gasteiger partial charge in [-0.1, -0.05) is 50.6 Å². The minimum atomic E-state index is -0.564. The predicted molar refractivity (Wildman–Crippen MR) is 126 cm³/mol. The molecule has 0 fully saturated rings. The fourth-order valence-electron chi connectivity index (χ4n) is 3.44. The molecule has 3 N–H and O–H groups in total. The fraction of sp³-hybridized carbons (Fsp3) is 0.423. The number of aliphatic hydroxyl groups excluding tert-OH is 1. The second-order valence-corrected chi connectivity index (χ2v) is 8.29. The third kappa shape index (κ3) is 7.93. The molecule has 6 nitrogen and oxygen atoms in total. The molecule has 0 aliphatic carbocycles. The second-order valence-electron chi connectivity index (χ2n) is 8.29. The minimum absolute atomic E-state index is 0.0457. The molecule has 0 radical (unpaired) electrons. The van der Waals surface area contributed by atoms with Crippen molar-refractivity contribution in [2.45, 2.75) is 52.6 Å². The Labute approximate surface area is 190 Å². The largest absolute Gasteiger partial charge is 0.392 e. The molecule has 0 spiro atoms. The van der Waals surface area contributed by atoms with Gasteiger partial charge >= 0.3 is 0 Å². The number of hydrogen-bond acceptors (Lipinski definition) is 4. The Morgan fingerprint density at radius 1 is 0.875 bits per heavy atom. The van der Waals surface area contributed by atoms with Gasteiger partial charge in [-0.05, 0) is 50.5 Å². The number of nitrogens with one attached hydrogen (secondary N) is 2. The van der Waals surface area contributed by atoms with Crippen molar-refractivity contribution in [3.8, 4) is 0 Å². The molecule has 0 aliphatic heterocycles. The van der Waals surface area contributed by atoms with Gasteiger partial charge in [-0.3, -0.25) is 14.4 Å². The zero-order chi connectivity index (χ0) is 23.5. The smallest absolute Gasteiger partial charge is 0.227 e. The summed E-state index contributed by atoms with van der Waals surface area (Å²) >= 11 is 0. The van der Waals surface area contributed by atoms with Gasteiger partial charge in [-0.2, -0.15) is 0 Å². The number of carbonyl (C=O) groups excluding carboxylic acids is 3. The van der Waals surface area contributed by atoms with Crippen LogP contribution in [0.2, 0.25) is 0 Å². The minimum Gasteiger partial charge on any atom is -0.392 e. The number of hydrogen-bond donors (Lipinski definition) is 3. The van der Waals surface area contributed by atoms with E-state index < -0.39 is 6.10 Å². The number of benzene rings is 2. The first kappa shape index (κ1) is 25.3. The maximum Gasteiger partial charge on any atom is 0.227 e. The average Bonchev–Trinajstić information content (AvgIpc) is 2.80. The summed E-state index contributed by atoms with van der Waals surface area (Å²) in [5.41, 5.74) is 1.85. The van der Waals surface area contributed by atoms with Crippen molar-refractivity contribution in [3.05, 3.63) is 65.7 Å². The Balaban J connectivity index is 1.80. The number of aliphatic hydroxyl groups is 1. The van der Waals surface area contributed by atoms with E-state index >= 15 is 0 Å². The summed E-state index contributed by atoms with van der Waals surface area (Å²) in [7, 11) is 0. The second kappa shape index (κ2) is 12.8. The van der Waals surface area contributed by atoms with Crippen molar-refractivity contribution < 1.29 is 19.5 Å². The van der Waals surface area contributed by atoms with Gasteiger partial charge in [0.2, 0.25) is 11.8 Å². The van der Waals surface area contributed by atoms with Crippen LogP contribution in [0.15, 0.2) is 54.6 Å². The number of amides is 2. The van der Waals surface area contributed by atoms with Crippen LogP contribution < -0.4 is 10.6 Å². The first-order chi connectivity index (χ1) is 15.3. The Hall–Kier alpha value is -2.99. The SMILES string of the molecule is CCC(CCCC(C)C(=O)Nc1ccc(C(=O)c2ccccc2)cc1)C(=O)NCC(C)O. The van der Waals surface area contributed by atoms with Gasteiger partial charge in [-0.15, -0.1) is 0 Å². The molecular weight excluding hydrogens is 404 g/mol. The van der Waals surface area contributed by atoms with Crippen molar-refractivity contribution >= 4 is 23.3 Å². The molecule has 3 unspecified atom stereocenters. The maximum absolute atomic E-state index is 12.5. The van der Waals surface area contributed by atoms with Gasteiger partial charge in [0.1, 0.15) is 0 Å². The topological polar surface area (TPSA) is 95.5 Å². The first-order valence-electron chi connectivity index (χ1n) is 11.3. The van der Waals surface area contributed by atoms with Crippen molar-refractivity contribution in [2.75, 3.05) is 11.9 Å². The van der Waals surface area contributed by atoms with Gasteiger partial charge in [0.15, 0.2) is 5.78 Å². The molecule has 2 rings (SSSR count). The zero-order valence-electron chi connectivity index (χ0n) is 19.1. The van der Waals surface area contributed by atoms with Gasteiger partial charge in [-0.25, -0.2) is 0 Å². The Morgan fingerprint density at radius 3 is 2.09 bits per heavy atom. The van der Waals surface area contributed by atoms with Crippen LogP contribution in [0.1, 0.15) is 62.4 Å². The highest BCUT2D eigenvalue weighted by Crippen LogP contribution is 2.19. The van der Waals surface area contributed by atoms with E-state index in [9.17, 15) is 19.5 Å². The van der Waals surface area contributed by atoms with Gasteiger partial charge in [0, 0.05) is 35.2 Å². The molecule has 0 saturated carbocycles. The quantitative estimate of drug-likeness (QED) is 0.433. The molecule has 2 aromatic carbocycles. The molecular formula is C26H34N2O4. The number of anilines is 1. The van der Waals surface area contributed by atoms with Crippen LogP contribution in [0, 0.1) is 11.8 Å². The average molecular weight is 439 g/mol. The van der Waals surface area contributed by atoms with E-state index in [-0.39, 0.29) is 36.0 Å². The Morgan fingerprint density at radius 2 is 1.50 bits per heavy atom. The van der Waals surface area contributed by atoms with E-state index in [1.807, 2.05) is 32.0 Å². The molecule has 0 aliphatic rings. The lowest BCUT2D eigenvalue weighted by Gasteiger charge is -2.17. The van der Waals surface area contributed by atoms with Crippen LogP contribution in [0.25, 0.3) is 0 Å². The highest BCUT2D eigenvalue weighted by Gasteiger charge is 2.19. The molecule has 0 saturated heterocycles. The lowest BCUT2D eigenvalue weighted by atomic mass is 9.94. The maximum atomic E-state index is 12.5. The van der Waals surface area contributed by atoms with Crippen molar-refractivity contribution in [1.29, 1.82) is 0 Å². The Kier molecular flexibility index (Phi) is 10.1. The summed E-state index contributed by atoms with van der Waals surface area (Å²) in [6, 6.07) is 16.0. The lowest BCUT2D eigenvalue weighted by Crippen LogP contribution is -2.35. The van der Waals surface area contributed by atoms with E-state index in [1.54, 1.807) is 43.3 Å². The molecule has 2 aromatic rings. The molecule has 0 heterocycles. The van der Waals surface area contributed by atoms with E-state index in [4.69, 9.17) is 0 Å². The molecule has 0 bridgehead atoms. The summed E-state index contributed by atoms with van der Waals surface area (Å²) < 4.78 is 0. The lowest BCUT2D eigenvalue weighted by molar-refractivity contribution is -0.125. The standard InChI is InChI=1S/C26H34N2O4/c1-4-20(26(32)27-17-19(3)29)12-8-9-18(2)25(31)28-23-15-13-22(14-16-23)24(30)21-10-6-5-7-11-21/h5-7,10-11,13-16,18-20,29H,4,8-9,12,17H2,1-3H3,(H,27,32)(H,28,31). The Bertz CT molecular complexity index is 878. The third-order valence-corrected chi connectivity index (χ3v) is 5.52. The number of rotatable bonds is 12. The zero-order valence-corrected chi connectivity index (χ0v) is 19.1. The normalized spacial score (nSPS) is 13.6. The van der Waals surface area contributed by atoms with Crippen molar-refractivity contribution in [3.63, 3.8) is 0 Å². The van der Waals surface area contributed by atoms with Crippen molar-refractivity contribution in [1.82, 2.24) is 5.32 Å². The first-order valence-corrected chi connectivity index (χ1v) is 11.3. The summed E-state index contributed by atoms with van der Waals surface area (Å²) in [4.78, 5) is 37.2. The van der Waals surface area contributed by atoms with Crippen molar-refractivity contribution in [2.24, 2.45) is 11.8 Å². The number of ketones is 1. The van der Waals surface area contributed by atoms with Crippen LogP contribution in [-0.4, -0.2) is 35.4 Å². The van der Waals surface area contributed by atoms with Crippen LogP contribution in [-0.2, 0) is 9.59 Å². The van der Waals surface area contributed by atoms with E-state index in [1.165, 1.54) is 0 Å². The molecule has 172 valence electrons. The van der Waals surface area contributed by atoms with Gasteiger partial charge < -0.3 is 15.7 Å². The fourth-order valence-corrected chi connectivity index (χ4v) is 3.44. The summed E-state index contributed by atoms with van der Waals surface area (Å²) in [6.07, 6.45) is 2.30. The monoisotopic (exact) mass is 438 g/mol. The predicted octanol–water partition coefficient (Wildman–Crippen LogP) is 4.19. The van der Waals surface area contributed by atoms with Crippen LogP contribution in [0.4, 0.5) is 5.69 Å².